The van der Waals surface area contributed by atoms with E-state index in [0.29, 0.717) is 12.2 Å². The first-order valence-corrected chi connectivity index (χ1v) is 10.7. The Morgan fingerprint density at radius 3 is 2.39 bits per heavy atom. The molecule has 3 aromatic carbocycles. The summed E-state index contributed by atoms with van der Waals surface area (Å²) in [4.78, 5) is 28.7. The molecule has 7 heteroatoms. The zero-order chi connectivity index (χ0) is 21.5. The molecule has 4 rings (SSSR count). The summed E-state index contributed by atoms with van der Waals surface area (Å²) in [7, 11) is 0. The monoisotopic (exact) mass is 431 g/mol. The number of rotatable bonds is 7. The average molecular weight is 432 g/mol. The van der Waals surface area contributed by atoms with Gasteiger partial charge in [-0.25, -0.2) is 4.98 Å². The van der Waals surface area contributed by atoms with Crippen LogP contribution in [-0.4, -0.2) is 23.4 Å². The number of fused-ring (bicyclic) bond motifs is 1. The van der Waals surface area contributed by atoms with E-state index in [0.717, 1.165) is 26.4 Å². The Balaban J connectivity index is 1.24. The third-order valence-electron chi connectivity index (χ3n) is 4.58. The third-order valence-corrected chi connectivity index (χ3v) is 5.67. The molecule has 1 aromatic heterocycles. The molecular weight excluding hydrogens is 410 g/mol. The lowest BCUT2D eigenvalue weighted by molar-refractivity contribution is -0.130. The topological polar surface area (TPSA) is 80.3 Å². The molecule has 0 saturated heterocycles. The van der Waals surface area contributed by atoms with Gasteiger partial charge in [-0.05, 0) is 23.8 Å². The van der Waals surface area contributed by atoms with Crippen LogP contribution in [0.1, 0.15) is 11.4 Å². The van der Waals surface area contributed by atoms with E-state index in [4.69, 9.17) is 4.74 Å². The predicted octanol–water partition coefficient (Wildman–Crippen LogP) is 4.12. The fourth-order valence-electron chi connectivity index (χ4n) is 3.08. The van der Waals surface area contributed by atoms with E-state index >= 15 is 0 Å². The van der Waals surface area contributed by atoms with Gasteiger partial charge in [0.25, 0.3) is 5.91 Å². The number of carbonyl (C=O) groups is 2. The van der Waals surface area contributed by atoms with Gasteiger partial charge in [-0.15, -0.1) is 11.3 Å². The number of aromatic nitrogens is 1. The fraction of sp³-hybridized carbons (Fsp3) is 0.125. The van der Waals surface area contributed by atoms with Crippen molar-refractivity contribution in [1.29, 1.82) is 0 Å². The summed E-state index contributed by atoms with van der Waals surface area (Å²) in [6.45, 7) is -0.206. The molecule has 6 nitrogen and oxygen atoms in total. The molecule has 2 N–H and O–H groups in total. The molecule has 31 heavy (non-hydrogen) atoms. The van der Waals surface area contributed by atoms with Gasteiger partial charge in [-0.3, -0.25) is 20.4 Å². The van der Waals surface area contributed by atoms with Gasteiger partial charge in [0.15, 0.2) is 6.61 Å². The number of carbonyl (C=O) groups excluding carboxylic acids is 2. The van der Waals surface area contributed by atoms with Gasteiger partial charge in [0, 0.05) is 18.4 Å². The van der Waals surface area contributed by atoms with Gasteiger partial charge in [0.05, 0.1) is 15.2 Å². The van der Waals surface area contributed by atoms with Crippen molar-refractivity contribution in [1.82, 2.24) is 15.8 Å². The number of ether oxygens (including phenoxy) is 1. The minimum atomic E-state index is -0.434. The zero-order valence-corrected chi connectivity index (χ0v) is 17.5. The lowest BCUT2D eigenvalue weighted by Crippen LogP contribution is -2.43. The van der Waals surface area contributed by atoms with Crippen LogP contribution in [0, 0.1) is 0 Å². The number of aryl methyl sites for hydroxylation is 1. The highest BCUT2D eigenvalue weighted by molar-refractivity contribution is 7.18. The van der Waals surface area contributed by atoms with Gasteiger partial charge in [-0.2, -0.15) is 0 Å². The predicted molar refractivity (Wildman–Crippen MR) is 122 cm³/mol. The normalized spacial score (nSPS) is 10.6. The van der Waals surface area contributed by atoms with Crippen molar-refractivity contribution < 1.29 is 14.3 Å². The van der Waals surface area contributed by atoms with Crippen LogP contribution in [0.2, 0.25) is 0 Å². The van der Waals surface area contributed by atoms with Crippen molar-refractivity contribution in [2.24, 2.45) is 0 Å². The van der Waals surface area contributed by atoms with Crippen LogP contribution >= 0.6 is 11.3 Å². The van der Waals surface area contributed by atoms with E-state index in [1.165, 1.54) is 0 Å². The molecule has 0 unspecified atom stereocenters. The summed E-state index contributed by atoms with van der Waals surface area (Å²) >= 11 is 1.57. The van der Waals surface area contributed by atoms with Crippen LogP contribution in [0.4, 0.5) is 0 Å². The van der Waals surface area contributed by atoms with Gasteiger partial charge in [0.2, 0.25) is 5.91 Å². The Morgan fingerprint density at radius 2 is 1.55 bits per heavy atom. The molecular formula is C24H21N3O3S. The number of nitrogens with one attached hydrogen (secondary N) is 2. The molecule has 0 radical (unpaired) electrons. The van der Waals surface area contributed by atoms with Crippen LogP contribution in [0.15, 0.2) is 78.9 Å². The molecule has 0 spiro atoms. The highest BCUT2D eigenvalue weighted by Gasteiger charge is 2.10. The lowest BCUT2D eigenvalue weighted by Gasteiger charge is -2.12. The molecule has 2 amide bonds. The quantitative estimate of drug-likeness (QED) is 0.431. The van der Waals surface area contributed by atoms with Crippen molar-refractivity contribution in [2.75, 3.05) is 6.61 Å². The Bertz CT molecular complexity index is 1160. The summed E-state index contributed by atoms with van der Waals surface area (Å²) in [6, 6.07) is 25.2. The van der Waals surface area contributed by atoms with E-state index in [2.05, 4.69) is 15.8 Å². The maximum atomic E-state index is 12.1. The van der Waals surface area contributed by atoms with E-state index in [1.807, 2.05) is 78.9 Å². The SMILES string of the molecule is O=C(CCc1nc2ccccc2s1)NNC(=O)COc1ccccc1-c1ccccc1. The second kappa shape index (κ2) is 9.86. The van der Waals surface area contributed by atoms with Crippen molar-refractivity contribution in [2.45, 2.75) is 12.8 Å². The third kappa shape index (κ3) is 5.46. The van der Waals surface area contributed by atoms with Crippen molar-refractivity contribution in [3.8, 4) is 16.9 Å². The van der Waals surface area contributed by atoms with E-state index in [-0.39, 0.29) is 18.9 Å². The van der Waals surface area contributed by atoms with Crippen molar-refractivity contribution in [3.05, 3.63) is 83.9 Å². The molecule has 156 valence electrons. The average Bonchev–Trinajstić information content (AvgIpc) is 3.24. The summed E-state index contributed by atoms with van der Waals surface area (Å²) in [6.07, 6.45) is 0.750. The van der Waals surface area contributed by atoms with Crippen LogP contribution in [-0.2, 0) is 16.0 Å². The summed E-state index contributed by atoms with van der Waals surface area (Å²) < 4.78 is 6.77. The van der Waals surface area contributed by atoms with Crippen LogP contribution in [0.3, 0.4) is 0 Å². The van der Waals surface area contributed by atoms with Crippen LogP contribution in [0.25, 0.3) is 21.3 Å². The molecule has 0 bridgehead atoms. The molecule has 0 saturated carbocycles. The molecule has 0 fully saturated rings. The minimum absolute atomic E-state index is 0.206. The van der Waals surface area contributed by atoms with Gasteiger partial charge >= 0.3 is 0 Å². The number of thiazole rings is 1. The number of benzene rings is 3. The number of amides is 2. The Hall–Kier alpha value is -3.71. The van der Waals surface area contributed by atoms with Crippen LogP contribution < -0.4 is 15.6 Å². The van der Waals surface area contributed by atoms with Gasteiger partial charge in [0.1, 0.15) is 5.75 Å². The summed E-state index contributed by atoms with van der Waals surface area (Å²) in [5.74, 6) is -0.112. The molecule has 0 aliphatic rings. The molecule has 0 aliphatic heterocycles. The minimum Gasteiger partial charge on any atom is -0.483 e. The van der Waals surface area contributed by atoms with Crippen molar-refractivity contribution in [3.63, 3.8) is 0 Å². The highest BCUT2D eigenvalue weighted by atomic mass is 32.1. The lowest BCUT2D eigenvalue weighted by atomic mass is 10.1. The summed E-state index contributed by atoms with van der Waals surface area (Å²) in [5, 5.41) is 0.892. The second-order valence-corrected chi connectivity index (χ2v) is 7.94. The first-order valence-electron chi connectivity index (χ1n) is 9.88. The maximum Gasteiger partial charge on any atom is 0.276 e. The number of nitrogens with zero attached hydrogens (tertiary/aromatic N) is 1. The van der Waals surface area contributed by atoms with Gasteiger partial charge in [-0.1, -0.05) is 60.7 Å². The Kier molecular flexibility index (Phi) is 6.54. The van der Waals surface area contributed by atoms with E-state index < -0.39 is 5.91 Å². The number of hydrazine groups is 1. The molecule has 0 aliphatic carbocycles. The Morgan fingerprint density at radius 1 is 0.839 bits per heavy atom. The first-order chi connectivity index (χ1) is 15.2. The number of hydrogen-bond donors (Lipinski definition) is 2. The largest absolute Gasteiger partial charge is 0.483 e. The summed E-state index contributed by atoms with van der Waals surface area (Å²) in [5.41, 5.74) is 7.66. The van der Waals surface area contributed by atoms with E-state index in [9.17, 15) is 9.59 Å². The van der Waals surface area contributed by atoms with Gasteiger partial charge < -0.3 is 4.74 Å². The zero-order valence-electron chi connectivity index (χ0n) is 16.7. The maximum absolute atomic E-state index is 12.1. The van der Waals surface area contributed by atoms with Crippen LogP contribution in [0.5, 0.6) is 5.75 Å². The standard InChI is InChI=1S/C24H21N3O3S/c28-22(14-15-24-25-19-11-5-7-13-21(19)31-24)26-27-23(29)16-30-20-12-6-4-10-18(20)17-8-2-1-3-9-17/h1-13H,14-16H2,(H,26,28)(H,27,29). The second-order valence-electron chi connectivity index (χ2n) is 6.82. The van der Waals surface area contributed by atoms with E-state index in [1.54, 1.807) is 11.3 Å². The number of para-hydroxylation sites is 2. The molecule has 4 aromatic rings. The van der Waals surface area contributed by atoms with Crippen molar-refractivity contribution >= 4 is 33.4 Å². The fourth-order valence-corrected chi connectivity index (χ4v) is 4.04. The number of hydrogen-bond acceptors (Lipinski definition) is 5. The molecule has 0 atom stereocenters. The first kappa shape index (κ1) is 20.6. The highest BCUT2D eigenvalue weighted by Crippen LogP contribution is 2.29. The smallest absolute Gasteiger partial charge is 0.276 e. The Labute approximate surface area is 183 Å². The molecule has 1 heterocycles.